The van der Waals surface area contributed by atoms with Crippen molar-refractivity contribution in [3.8, 4) is 0 Å². The molecule has 4 rings (SSSR count). The number of aldehydes is 1. The van der Waals surface area contributed by atoms with Crippen LogP contribution in [0.4, 0.5) is 0 Å². The molecule has 1 saturated carbocycles. The van der Waals surface area contributed by atoms with Crippen LogP contribution in [0.1, 0.15) is 13.8 Å². The van der Waals surface area contributed by atoms with Crippen LogP contribution in [0.25, 0.3) is 0 Å². The van der Waals surface area contributed by atoms with E-state index in [0.717, 1.165) is 0 Å². The van der Waals surface area contributed by atoms with Gasteiger partial charge < -0.3 is 120 Å². The molecule has 0 bridgehead atoms. The summed E-state index contributed by atoms with van der Waals surface area (Å²) in [4.78, 5) is 11.0. The highest BCUT2D eigenvalue weighted by Crippen LogP contribution is 2.35. The van der Waals surface area contributed by atoms with Gasteiger partial charge >= 0.3 is 0 Å². The number of nitrogens with one attached hydrogen (secondary N) is 1. The van der Waals surface area contributed by atoms with Gasteiger partial charge in [0.15, 0.2) is 25.2 Å². The fourth-order valence-corrected chi connectivity index (χ4v) is 7.53. The summed E-state index contributed by atoms with van der Waals surface area (Å²) in [5, 5.41) is 170. The molecule has 3 saturated heterocycles. The van der Waals surface area contributed by atoms with Crippen LogP contribution in [0.5, 0.6) is 0 Å². The number of ether oxygens (including phenoxy) is 6. The molecule has 3 heterocycles. The zero-order valence-corrected chi connectivity index (χ0v) is 30.4. The van der Waals surface area contributed by atoms with Crippen molar-refractivity contribution in [1.82, 2.24) is 5.32 Å². The van der Waals surface area contributed by atoms with Crippen LogP contribution in [0, 0.1) is 11.8 Å². The second kappa shape index (κ2) is 20.3. The third kappa shape index (κ3) is 9.69. The van der Waals surface area contributed by atoms with Crippen LogP contribution >= 0.6 is 0 Å². The Hall–Kier alpha value is -1.25. The lowest BCUT2D eigenvalue weighted by atomic mass is 9.72. The zero-order chi connectivity index (χ0) is 41.9. The molecule has 25 atom stereocenters. The number of hydrogen-bond donors (Lipinski definition) is 17. The number of aliphatic hydroxyl groups is 16. The van der Waals surface area contributed by atoms with Crippen LogP contribution in [-0.4, -0.2) is 255 Å². The first-order valence-electron chi connectivity index (χ1n) is 18.1. The molecule has 0 spiro atoms. The van der Waals surface area contributed by atoms with E-state index in [0.29, 0.717) is 0 Å². The molecule has 4 aliphatic rings. The maximum absolute atomic E-state index is 11.1. The molecule has 1 aliphatic carbocycles. The summed E-state index contributed by atoms with van der Waals surface area (Å²) in [6.45, 7) is -0.522. The van der Waals surface area contributed by atoms with Crippen molar-refractivity contribution in [2.75, 3.05) is 26.4 Å². The molecular weight excluding hydrogens is 766 g/mol. The Morgan fingerprint density at radius 1 is 0.607 bits per heavy atom. The fraction of sp³-hybridized carbons (Fsp3) is 0.969. The maximum atomic E-state index is 11.1. The standard InChI is InChI=1S/C32H57NO23/c1-8-10(3-34)18(42)16(21(45)17(8)41)33-15-9(2)51-30(24(48)20(15)44)55-28-13(6-37)53-32(26(50)23(28)47)56-29-14(7-38)52-31(25(49)22(29)46)54-27(12(40)5-36)19(43)11(39)4-35/h4,8-34,36-50H,3,5-7H2,1-2H3. The molecule has 0 aromatic heterocycles. The Balaban J connectivity index is 1.42. The summed E-state index contributed by atoms with van der Waals surface area (Å²) in [5.74, 6) is -1.53. The van der Waals surface area contributed by atoms with Gasteiger partial charge in [0, 0.05) is 12.5 Å². The Morgan fingerprint density at radius 2 is 1.09 bits per heavy atom. The van der Waals surface area contributed by atoms with Crippen molar-refractivity contribution >= 4 is 6.29 Å². The van der Waals surface area contributed by atoms with Crippen LogP contribution in [0.3, 0.4) is 0 Å². The molecule has 56 heavy (non-hydrogen) atoms. The molecule has 3 aliphatic heterocycles. The smallest absolute Gasteiger partial charge is 0.187 e. The summed E-state index contributed by atoms with van der Waals surface area (Å²) >= 11 is 0. The van der Waals surface area contributed by atoms with E-state index in [-0.39, 0.29) is 6.29 Å². The number of carbonyl (C=O) groups is 1. The fourth-order valence-electron chi connectivity index (χ4n) is 7.53. The molecule has 17 N–H and O–H groups in total. The van der Waals surface area contributed by atoms with Crippen LogP contribution in [-0.2, 0) is 33.2 Å². The van der Waals surface area contributed by atoms with E-state index in [1.54, 1.807) is 0 Å². The highest BCUT2D eigenvalue weighted by atomic mass is 16.8. The van der Waals surface area contributed by atoms with Gasteiger partial charge in [0.2, 0.25) is 0 Å². The van der Waals surface area contributed by atoms with Gasteiger partial charge in [-0.15, -0.1) is 0 Å². The molecule has 328 valence electrons. The summed E-state index contributed by atoms with van der Waals surface area (Å²) in [7, 11) is 0. The Morgan fingerprint density at radius 3 is 1.59 bits per heavy atom. The van der Waals surface area contributed by atoms with Gasteiger partial charge in [-0.25, -0.2) is 0 Å². The van der Waals surface area contributed by atoms with Gasteiger partial charge in [0.25, 0.3) is 0 Å². The van der Waals surface area contributed by atoms with E-state index < -0.39 is 179 Å². The van der Waals surface area contributed by atoms with Gasteiger partial charge in [0.05, 0.1) is 56.3 Å². The lowest BCUT2D eigenvalue weighted by molar-refractivity contribution is -0.380. The first-order chi connectivity index (χ1) is 26.4. The zero-order valence-electron chi connectivity index (χ0n) is 30.4. The molecule has 0 radical (unpaired) electrons. The van der Waals surface area contributed by atoms with Crippen molar-refractivity contribution in [2.24, 2.45) is 11.8 Å². The van der Waals surface area contributed by atoms with E-state index in [1.807, 2.05) is 0 Å². The number of aliphatic hydroxyl groups excluding tert-OH is 16. The average molecular weight is 824 g/mol. The van der Waals surface area contributed by atoms with Crippen molar-refractivity contribution in [1.29, 1.82) is 0 Å². The lowest BCUT2D eigenvalue weighted by Gasteiger charge is -2.50. The molecule has 0 amide bonds. The van der Waals surface area contributed by atoms with E-state index in [2.05, 4.69) is 5.32 Å². The summed E-state index contributed by atoms with van der Waals surface area (Å²) in [5.41, 5.74) is 0. The Bertz CT molecular complexity index is 1210. The highest BCUT2D eigenvalue weighted by Gasteiger charge is 2.55. The van der Waals surface area contributed by atoms with Gasteiger partial charge in [-0.1, -0.05) is 6.92 Å². The van der Waals surface area contributed by atoms with Crippen LogP contribution < -0.4 is 5.32 Å². The molecule has 24 nitrogen and oxygen atoms in total. The summed E-state index contributed by atoms with van der Waals surface area (Å²) in [6, 6.07) is -2.48. The quantitative estimate of drug-likeness (QED) is 0.0643. The largest absolute Gasteiger partial charge is 0.396 e. The second-order valence-electron chi connectivity index (χ2n) is 14.7. The minimum absolute atomic E-state index is 0.0980. The predicted octanol–water partition coefficient (Wildman–Crippen LogP) is -10.6. The third-order valence-electron chi connectivity index (χ3n) is 11.1. The van der Waals surface area contributed by atoms with Crippen molar-refractivity contribution in [3.05, 3.63) is 0 Å². The van der Waals surface area contributed by atoms with E-state index in [9.17, 15) is 86.5 Å². The molecule has 25 unspecified atom stereocenters. The Kier molecular flexibility index (Phi) is 17.2. The van der Waals surface area contributed by atoms with Gasteiger partial charge in [-0.05, 0) is 12.8 Å². The molecule has 4 fully saturated rings. The summed E-state index contributed by atoms with van der Waals surface area (Å²) < 4.78 is 33.4. The number of hydrogen-bond acceptors (Lipinski definition) is 24. The summed E-state index contributed by atoms with van der Waals surface area (Å²) in [6.07, 6.45) is -38.0. The Labute approximate surface area is 319 Å². The second-order valence-corrected chi connectivity index (χ2v) is 14.7. The van der Waals surface area contributed by atoms with E-state index in [1.165, 1.54) is 13.8 Å². The highest BCUT2D eigenvalue weighted by molar-refractivity contribution is 5.56. The molecular formula is C32H57NO23. The lowest BCUT2D eigenvalue weighted by Crippen LogP contribution is -2.71. The van der Waals surface area contributed by atoms with Crippen LogP contribution in [0.15, 0.2) is 0 Å². The molecule has 0 aromatic carbocycles. The van der Waals surface area contributed by atoms with Gasteiger partial charge in [-0.2, -0.15) is 0 Å². The first kappa shape index (κ1) is 47.4. The van der Waals surface area contributed by atoms with Gasteiger partial charge in [-0.3, -0.25) is 0 Å². The van der Waals surface area contributed by atoms with Crippen molar-refractivity contribution in [3.63, 3.8) is 0 Å². The predicted molar refractivity (Wildman–Crippen MR) is 176 cm³/mol. The van der Waals surface area contributed by atoms with E-state index in [4.69, 9.17) is 28.4 Å². The van der Waals surface area contributed by atoms with Crippen molar-refractivity contribution < 1.29 is 115 Å². The minimum Gasteiger partial charge on any atom is -0.396 e. The van der Waals surface area contributed by atoms with Gasteiger partial charge in [0.1, 0.15) is 85.5 Å². The monoisotopic (exact) mass is 823 g/mol. The third-order valence-corrected chi connectivity index (χ3v) is 11.1. The SMILES string of the molecule is CC1OC(OC2C(CO)OC(OC3C(CO)OC(OC(C(O)CO)C(O)C(O)C=O)C(O)C3O)C(O)C2O)C(O)C(O)C1NC1C(O)C(O)C(C)C(CO)C1O. The molecule has 0 aromatic rings. The topological polar surface area (TPSA) is 408 Å². The minimum atomic E-state index is -2.16. The maximum Gasteiger partial charge on any atom is 0.187 e. The molecule has 24 heteroatoms. The van der Waals surface area contributed by atoms with E-state index >= 15 is 0 Å². The normalized spacial score (nSPS) is 48.5. The number of rotatable bonds is 16. The number of carbonyl (C=O) groups excluding carboxylic acids is 1. The van der Waals surface area contributed by atoms with Crippen molar-refractivity contribution in [2.45, 2.75) is 155 Å². The van der Waals surface area contributed by atoms with Crippen LogP contribution in [0.2, 0.25) is 0 Å². The first-order valence-corrected chi connectivity index (χ1v) is 18.1. The average Bonchev–Trinajstić information content (AvgIpc) is 3.18.